The molecule has 6 N–H and O–H groups in total. The Morgan fingerprint density at radius 2 is 1.79 bits per heavy atom. The first-order chi connectivity index (χ1) is 14.0. The number of benzene rings is 1. The van der Waals surface area contributed by atoms with Gasteiger partial charge in [0.2, 0.25) is 0 Å². The first-order valence-electron chi connectivity index (χ1n) is 9.58. The van der Waals surface area contributed by atoms with Crippen LogP contribution in [0.5, 0.6) is 0 Å². The maximum absolute atomic E-state index is 12.4. The summed E-state index contributed by atoms with van der Waals surface area (Å²) in [6, 6.07) is 10.2. The quantitative estimate of drug-likeness (QED) is 0.447. The Balaban J connectivity index is 1.88. The molecule has 0 spiro atoms. The maximum Gasteiger partial charge on any atom is 0.302 e. The third kappa shape index (κ3) is 4.00. The van der Waals surface area contributed by atoms with Crippen LogP contribution in [0.3, 0.4) is 0 Å². The normalized spacial score (nSPS) is 14.6. The SMILES string of the molecule is NC(N)=NC(=O)c1nc(-c2cc3ccccc3s2)c(N2CCCCCC2)nc1N. The fourth-order valence-electron chi connectivity index (χ4n) is 3.53. The minimum Gasteiger partial charge on any atom is -0.382 e. The van der Waals surface area contributed by atoms with Crippen molar-refractivity contribution >= 4 is 44.9 Å². The molecule has 0 saturated carbocycles. The Kier molecular flexibility index (Phi) is 5.30. The molecule has 9 heteroatoms. The van der Waals surface area contributed by atoms with E-state index in [1.54, 1.807) is 11.3 Å². The zero-order chi connectivity index (χ0) is 20.4. The number of thiophene rings is 1. The van der Waals surface area contributed by atoms with Crippen LogP contribution in [-0.4, -0.2) is 34.9 Å². The highest BCUT2D eigenvalue weighted by Crippen LogP contribution is 2.38. The van der Waals surface area contributed by atoms with E-state index in [1.165, 1.54) is 12.8 Å². The molecule has 1 fully saturated rings. The molecule has 3 aromatic rings. The average molecular weight is 410 g/mol. The lowest BCUT2D eigenvalue weighted by Crippen LogP contribution is -2.27. The average Bonchev–Trinajstić information content (AvgIpc) is 2.93. The number of hydrogen-bond donors (Lipinski definition) is 3. The molecule has 1 saturated heterocycles. The second-order valence-corrected chi connectivity index (χ2v) is 8.11. The molecule has 8 nitrogen and oxygen atoms in total. The van der Waals surface area contributed by atoms with Gasteiger partial charge >= 0.3 is 5.91 Å². The fourth-order valence-corrected chi connectivity index (χ4v) is 4.58. The molecule has 150 valence electrons. The minimum absolute atomic E-state index is 0.0316. The van der Waals surface area contributed by atoms with Gasteiger partial charge in [0.15, 0.2) is 23.3 Å². The number of rotatable bonds is 3. The van der Waals surface area contributed by atoms with E-state index < -0.39 is 5.91 Å². The number of anilines is 2. The summed E-state index contributed by atoms with van der Waals surface area (Å²) in [5.41, 5.74) is 17.4. The monoisotopic (exact) mass is 409 g/mol. The molecule has 0 radical (unpaired) electrons. The summed E-state index contributed by atoms with van der Waals surface area (Å²) in [4.78, 5) is 28.4. The van der Waals surface area contributed by atoms with E-state index >= 15 is 0 Å². The van der Waals surface area contributed by atoms with Gasteiger partial charge in [-0.2, -0.15) is 4.99 Å². The number of hydrogen-bond acceptors (Lipinski definition) is 6. The Bertz CT molecular complexity index is 1050. The van der Waals surface area contributed by atoms with E-state index in [0.717, 1.165) is 40.9 Å². The molecule has 0 aliphatic carbocycles. The summed E-state index contributed by atoms with van der Waals surface area (Å²) in [6.07, 6.45) is 4.56. The molecule has 1 aromatic carbocycles. The van der Waals surface area contributed by atoms with Gasteiger partial charge in [0.05, 0.1) is 4.88 Å². The van der Waals surface area contributed by atoms with Crippen LogP contribution in [0.15, 0.2) is 35.3 Å². The highest BCUT2D eigenvalue weighted by Gasteiger charge is 2.24. The molecule has 29 heavy (non-hydrogen) atoms. The number of nitrogens with two attached hydrogens (primary N) is 3. The summed E-state index contributed by atoms with van der Waals surface area (Å²) in [5, 5.41) is 1.12. The zero-order valence-electron chi connectivity index (χ0n) is 16.0. The number of carbonyl (C=O) groups excluding carboxylic acids is 1. The Morgan fingerprint density at radius 1 is 1.07 bits per heavy atom. The third-order valence-corrected chi connectivity index (χ3v) is 6.02. The second kappa shape index (κ2) is 8.04. The van der Waals surface area contributed by atoms with Crippen LogP contribution in [0.1, 0.15) is 36.2 Å². The van der Waals surface area contributed by atoms with Crippen molar-refractivity contribution in [1.82, 2.24) is 9.97 Å². The van der Waals surface area contributed by atoms with Gasteiger partial charge in [0, 0.05) is 17.8 Å². The first kappa shape index (κ1) is 19.1. The smallest absolute Gasteiger partial charge is 0.302 e. The van der Waals surface area contributed by atoms with Crippen LogP contribution >= 0.6 is 11.3 Å². The standard InChI is InChI=1S/C20H23N7OS/c21-17-16(19(28)26-20(22)23)24-15(14-11-12-7-3-4-8-13(12)29-14)18(25-17)27-9-5-1-2-6-10-27/h3-4,7-8,11H,1-2,5-6,9-10H2,(H2,21,25)(H4,22,23,26,28). The molecule has 1 aliphatic rings. The van der Waals surface area contributed by atoms with Crippen molar-refractivity contribution in [3.05, 3.63) is 36.0 Å². The van der Waals surface area contributed by atoms with Crippen molar-refractivity contribution in [3.8, 4) is 10.6 Å². The largest absolute Gasteiger partial charge is 0.382 e. The van der Waals surface area contributed by atoms with Gasteiger partial charge in [-0.15, -0.1) is 11.3 Å². The lowest BCUT2D eigenvalue weighted by molar-refractivity contribution is 0.0998. The van der Waals surface area contributed by atoms with Gasteiger partial charge in [-0.1, -0.05) is 31.0 Å². The van der Waals surface area contributed by atoms with E-state index in [0.29, 0.717) is 11.5 Å². The first-order valence-corrected chi connectivity index (χ1v) is 10.4. The summed E-state index contributed by atoms with van der Waals surface area (Å²) in [7, 11) is 0. The van der Waals surface area contributed by atoms with Crippen molar-refractivity contribution in [3.63, 3.8) is 0 Å². The fraction of sp³-hybridized carbons (Fsp3) is 0.300. The van der Waals surface area contributed by atoms with Crippen LogP contribution < -0.4 is 22.1 Å². The molecular formula is C20H23N7OS. The summed E-state index contributed by atoms with van der Waals surface area (Å²) >= 11 is 1.61. The number of nitrogen functional groups attached to an aromatic ring is 1. The summed E-state index contributed by atoms with van der Waals surface area (Å²) in [6.45, 7) is 1.76. The second-order valence-electron chi connectivity index (χ2n) is 7.02. The van der Waals surface area contributed by atoms with Crippen molar-refractivity contribution in [2.24, 2.45) is 16.5 Å². The molecule has 1 aliphatic heterocycles. The zero-order valence-corrected chi connectivity index (χ0v) is 16.8. The molecule has 0 atom stereocenters. The number of guanidine groups is 1. The van der Waals surface area contributed by atoms with Crippen molar-refractivity contribution < 1.29 is 4.79 Å². The van der Waals surface area contributed by atoms with Crippen LogP contribution in [0.25, 0.3) is 20.7 Å². The predicted octanol–water partition coefficient (Wildman–Crippen LogP) is 2.73. The summed E-state index contributed by atoms with van der Waals surface area (Å²) in [5.74, 6) is -0.294. The summed E-state index contributed by atoms with van der Waals surface area (Å²) < 4.78 is 1.14. The molecule has 0 unspecified atom stereocenters. The van der Waals surface area contributed by atoms with Crippen LogP contribution in [0.4, 0.5) is 11.6 Å². The van der Waals surface area contributed by atoms with Crippen molar-refractivity contribution in [1.29, 1.82) is 0 Å². The number of amides is 1. The molecular weight excluding hydrogens is 386 g/mol. The lowest BCUT2D eigenvalue weighted by Gasteiger charge is -2.24. The Labute approximate surface area is 172 Å². The van der Waals surface area contributed by atoms with Gasteiger partial charge < -0.3 is 22.1 Å². The van der Waals surface area contributed by atoms with Gasteiger partial charge in [0.1, 0.15) is 5.69 Å². The molecule has 0 bridgehead atoms. The molecule has 2 aromatic heterocycles. The van der Waals surface area contributed by atoms with Gasteiger partial charge in [-0.25, -0.2) is 9.97 Å². The van der Waals surface area contributed by atoms with Gasteiger partial charge in [0.25, 0.3) is 0 Å². The topological polar surface area (TPSA) is 137 Å². The Hall–Kier alpha value is -3.20. The van der Waals surface area contributed by atoms with E-state index in [9.17, 15) is 4.79 Å². The van der Waals surface area contributed by atoms with Gasteiger partial charge in [-0.3, -0.25) is 4.79 Å². The number of fused-ring (bicyclic) bond motifs is 1. The number of nitrogens with zero attached hydrogens (tertiary/aromatic N) is 4. The van der Waals surface area contributed by atoms with Crippen molar-refractivity contribution in [2.75, 3.05) is 23.7 Å². The number of aliphatic imine (C=N–C) groups is 1. The van der Waals surface area contributed by atoms with Crippen molar-refractivity contribution in [2.45, 2.75) is 25.7 Å². The maximum atomic E-state index is 12.4. The highest BCUT2D eigenvalue weighted by atomic mass is 32.1. The lowest BCUT2D eigenvalue weighted by atomic mass is 10.2. The third-order valence-electron chi connectivity index (χ3n) is 4.90. The number of carbonyl (C=O) groups is 1. The Morgan fingerprint density at radius 3 is 2.48 bits per heavy atom. The minimum atomic E-state index is -0.695. The molecule has 3 heterocycles. The van der Waals surface area contributed by atoms with Crippen LogP contribution in [0, 0.1) is 0 Å². The predicted molar refractivity (Wildman–Crippen MR) is 118 cm³/mol. The van der Waals surface area contributed by atoms with Crippen LogP contribution in [-0.2, 0) is 0 Å². The molecule has 1 amide bonds. The van der Waals surface area contributed by atoms with Crippen LogP contribution in [0.2, 0.25) is 0 Å². The van der Waals surface area contributed by atoms with E-state index in [1.807, 2.05) is 12.1 Å². The van der Waals surface area contributed by atoms with E-state index in [-0.39, 0.29) is 17.5 Å². The number of aromatic nitrogens is 2. The molecule has 4 rings (SSSR count). The van der Waals surface area contributed by atoms with E-state index in [4.69, 9.17) is 17.2 Å². The highest BCUT2D eigenvalue weighted by molar-refractivity contribution is 7.22. The van der Waals surface area contributed by atoms with Gasteiger partial charge in [-0.05, 0) is 30.4 Å². The van der Waals surface area contributed by atoms with E-state index in [2.05, 4.69) is 38.1 Å².